The lowest BCUT2D eigenvalue weighted by Gasteiger charge is -1.99. The molecular formula is C7H8BFN. The SMILES string of the molecule is C[B]c1cc(F)ccc1N. The third-order valence-electron chi connectivity index (χ3n) is 1.36. The maximum atomic E-state index is 12.5. The molecule has 51 valence electrons. The van der Waals surface area contributed by atoms with Gasteiger partial charge in [0.15, 0.2) is 7.28 Å². The molecule has 0 aliphatic carbocycles. The van der Waals surface area contributed by atoms with Crippen molar-refractivity contribution in [2.45, 2.75) is 6.82 Å². The van der Waals surface area contributed by atoms with Crippen LogP contribution in [0.4, 0.5) is 10.1 Å². The molecule has 0 heterocycles. The van der Waals surface area contributed by atoms with E-state index in [9.17, 15) is 4.39 Å². The molecule has 0 fully saturated rings. The lowest BCUT2D eigenvalue weighted by molar-refractivity contribution is 0.629. The van der Waals surface area contributed by atoms with Crippen LogP contribution in [0.1, 0.15) is 0 Å². The zero-order valence-electron chi connectivity index (χ0n) is 5.76. The number of halogens is 1. The predicted molar refractivity (Wildman–Crippen MR) is 42.1 cm³/mol. The summed E-state index contributed by atoms with van der Waals surface area (Å²) >= 11 is 0. The molecule has 0 atom stereocenters. The van der Waals surface area contributed by atoms with E-state index in [0.717, 1.165) is 5.46 Å². The molecule has 10 heavy (non-hydrogen) atoms. The maximum absolute atomic E-state index is 12.5. The fourth-order valence-corrected chi connectivity index (χ4v) is 0.796. The third kappa shape index (κ3) is 1.29. The number of benzene rings is 1. The monoisotopic (exact) mass is 136 g/mol. The van der Waals surface area contributed by atoms with E-state index in [1.54, 1.807) is 13.3 Å². The normalized spacial score (nSPS) is 9.40. The van der Waals surface area contributed by atoms with Crippen molar-refractivity contribution in [2.24, 2.45) is 0 Å². The van der Waals surface area contributed by atoms with E-state index in [1.165, 1.54) is 12.1 Å². The van der Waals surface area contributed by atoms with Gasteiger partial charge in [-0.1, -0.05) is 12.3 Å². The Morgan fingerprint density at radius 3 is 2.70 bits per heavy atom. The second-order valence-electron chi connectivity index (χ2n) is 2.06. The summed E-state index contributed by atoms with van der Waals surface area (Å²) in [6.45, 7) is 1.82. The topological polar surface area (TPSA) is 26.0 Å². The summed E-state index contributed by atoms with van der Waals surface area (Å²) in [5.74, 6) is -0.248. The highest BCUT2D eigenvalue weighted by Crippen LogP contribution is 2.00. The van der Waals surface area contributed by atoms with Gasteiger partial charge in [-0.15, -0.1) is 0 Å². The summed E-state index contributed by atoms with van der Waals surface area (Å²) in [7, 11) is 1.78. The average Bonchev–Trinajstić information content (AvgIpc) is 1.94. The Morgan fingerprint density at radius 2 is 2.20 bits per heavy atom. The van der Waals surface area contributed by atoms with Crippen LogP contribution in [0, 0.1) is 5.82 Å². The standard InChI is InChI=1S/C7H8BFN/c1-8-6-4-5(9)2-3-7(6)10/h2-4H,10H2,1H3. The number of nitrogens with two attached hydrogens (primary N) is 1. The van der Waals surface area contributed by atoms with Gasteiger partial charge in [-0.2, -0.15) is 0 Å². The molecule has 1 nitrogen and oxygen atoms in total. The number of hydrogen-bond acceptors (Lipinski definition) is 1. The molecule has 2 N–H and O–H groups in total. The summed E-state index contributed by atoms with van der Waals surface area (Å²) in [6.07, 6.45) is 0. The van der Waals surface area contributed by atoms with Crippen molar-refractivity contribution >= 4 is 18.4 Å². The first-order chi connectivity index (χ1) is 4.74. The van der Waals surface area contributed by atoms with E-state index in [1.807, 2.05) is 6.82 Å². The lowest BCUT2D eigenvalue weighted by Crippen LogP contribution is -2.16. The van der Waals surface area contributed by atoms with Gasteiger partial charge in [0.1, 0.15) is 5.82 Å². The predicted octanol–water partition coefficient (Wildman–Crippen LogP) is 0.785. The molecule has 3 heteroatoms. The van der Waals surface area contributed by atoms with Crippen molar-refractivity contribution in [3.8, 4) is 0 Å². The Balaban J connectivity index is 3.09. The second-order valence-corrected chi connectivity index (χ2v) is 2.06. The van der Waals surface area contributed by atoms with E-state index < -0.39 is 0 Å². The van der Waals surface area contributed by atoms with Crippen molar-refractivity contribution in [1.29, 1.82) is 0 Å². The fourth-order valence-electron chi connectivity index (χ4n) is 0.796. The van der Waals surface area contributed by atoms with Crippen molar-refractivity contribution < 1.29 is 4.39 Å². The molecule has 1 radical (unpaired) electrons. The van der Waals surface area contributed by atoms with Gasteiger partial charge in [-0.25, -0.2) is 4.39 Å². The molecule has 0 amide bonds. The van der Waals surface area contributed by atoms with Crippen molar-refractivity contribution in [3.05, 3.63) is 24.0 Å². The van der Waals surface area contributed by atoms with Crippen LogP contribution in [0.15, 0.2) is 18.2 Å². The first-order valence-corrected chi connectivity index (χ1v) is 3.08. The van der Waals surface area contributed by atoms with Crippen molar-refractivity contribution in [3.63, 3.8) is 0 Å². The molecule has 0 aromatic heterocycles. The van der Waals surface area contributed by atoms with Crippen LogP contribution in [0.2, 0.25) is 6.82 Å². The highest BCUT2D eigenvalue weighted by atomic mass is 19.1. The number of rotatable bonds is 1. The highest BCUT2D eigenvalue weighted by Gasteiger charge is 1.97. The lowest BCUT2D eigenvalue weighted by atomic mass is 9.72. The van der Waals surface area contributed by atoms with Crippen LogP contribution in [0.25, 0.3) is 0 Å². The molecule has 1 rings (SSSR count). The van der Waals surface area contributed by atoms with Crippen LogP contribution >= 0.6 is 0 Å². The molecule has 0 aliphatic heterocycles. The smallest absolute Gasteiger partial charge is 0.151 e. The van der Waals surface area contributed by atoms with Gasteiger partial charge in [0.25, 0.3) is 0 Å². The van der Waals surface area contributed by atoms with Crippen LogP contribution in [0.5, 0.6) is 0 Å². The maximum Gasteiger partial charge on any atom is 0.151 e. The zero-order valence-corrected chi connectivity index (χ0v) is 5.76. The minimum atomic E-state index is -0.248. The number of anilines is 1. The summed E-state index contributed by atoms with van der Waals surface area (Å²) in [5, 5.41) is 0. The Morgan fingerprint density at radius 1 is 1.50 bits per heavy atom. The molecular weight excluding hydrogens is 128 g/mol. The molecule has 0 unspecified atom stereocenters. The van der Waals surface area contributed by atoms with Gasteiger partial charge in [-0.3, -0.25) is 0 Å². The average molecular weight is 136 g/mol. The van der Waals surface area contributed by atoms with Crippen molar-refractivity contribution in [1.82, 2.24) is 0 Å². The second kappa shape index (κ2) is 2.73. The minimum Gasteiger partial charge on any atom is -0.399 e. The van der Waals surface area contributed by atoms with Gasteiger partial charge in [0.05, 0.1) is 0 Å². The highest BCUT2D eigenvalue weighted by molar-refractivity contribution is 6.54. The van der Waals surface area contributed by atoms with Crippen LogP contribution in [-0.2, 0) is 0 Å². The van der Waals surface area contributed by atoms with Gasteiger partial charge < -0.3 is 5.73 Å². The largest absolute Gasteiger partial charge is 0.399 e. The van der Waals surface area contributed by atoms with Crippen LogP contribution < -0.4 is 11.2 Å². The quantitative estimate of drug-likeness (QED) is 0.448. The molecule has 1 aromatic carbocycles. The Labute approximate surface area is 60.3 Å². The number of nitrogen functional groups attached to an aromatic ring is 1. The van der Waals surface area contributed by atoms with E-state index in [4.69, 9.17) is 5.73 Å². The number of hydrogen-bond donors (Lipinski definition) is 1. The first-order valence-electron chi connectivity index (χ1n) is 3.08. The summed E-state index contributed by atoms with van der Waals surface area (Å²) in [6, 6.07) is 4.32. The third-order valence-corrected chi connectivity index (χ3v) is 1.36. The first kappa shape index (κ1) is 7.13. The summed E-state index contributed by atoms with van der Waals surface area (Å²) in [5.41, 5.74) is 6.87. The Hall–Kier alpha value is -0.985. The Kier molecular flexibility index (Phi) is 1.95. The zero-order chi connectivity index (χ0) is 7.56. The summed E-state index contributed by atoms with van der Waals surface area (Å²) < 4.78 is 12.5. The van der Waals surface area contributed by atoms with Crippen LogP contribution in [0.3, 0.4) is 0 Å². The van der Waals surface area contributed by atoms with Gasteiger partial charge in [0.2, 0.25) is 0 Å². The van der Waals surface area contributed by atoms with Gasteiger partial charge in [0, 0.05) is 5.69 Å². The molecule has 0 saturated carbocycles. The molecule has 0 spiro atoms. The molecule has 0 aliphatic rings. The fraction of sp³-hybridized carbons (Fsp3) is 0.143. The van der Waals surface area contributed by atoms with E-state index >= 15 is 0 Å². The minimum absolute atomic E-state index is 0.248. The van der Waals surface area contributed by atoms with Crippen molar-refractivity contribution in [2.75, 3.05) is 5.73 Å². The van der Waals surface area contributed by atoms with E-state index in [2.05, 4.69) is 0 Å². The van der Waals surface area contributed by atoms with Crippen LogP contribution in [-0.4, -0.2) is 7.28 Å². The molecule has 1 aromatic rings. The van der Waals surface area contributed by atoms with Gasteiger partial charge >= 0.3 is 0 Å². The molecule has 0 bridgehead atoms. The Bertz CT molecular complexity index is 237. The van der Waals surface area contributed by atoms with Gasteiger partial charge in [-0.05, 0) is 18.2 Å². The summed E-state index contributed by atoms with van der Waals surface area (Å²) in [4.78, 5) is 0. The van der Waals surface area contributed by atoms with E-state index in [-0.39, 0.29) is 5.82 Å². The molecule has 0 saturated heterocycles. The van der Waals surface area contributed by atoms with E-state index in [0.29, 0.717) is 5.69 Å².